The number of halogens is 3. The van der Waals surface area contributed by atoms with Crippen LogP contribution < -0.4 is 10.2 Å². The third-order valence-electron chi connectivity index (χ3n) is 4.95. The van der Waals surface area contributed by atoms with Gasteiger partial charge in [0.2, 0.25) is 17.7 Å². The molecule has 2 aromatic rings. The van der Waals surface area contributed by atoms with E-state index in [2.05, 4.69) is 10.5 Å². The van der Waals surface area contributed by atoms with Crippen molar-refractivity contribution in [3.63, 3.8) is 0 Å². The van der Waals surface area contributed by atoms with Crippen molar-refractivity contribution in [1.82, 2.24) is 10.1 Å². The monoisotopic (exact) mass is 408 g/mol. The van der Waals surface area contributed by atoms with Crippen LogP contribution in [0.2, 0.25) is 0 Å². The number of hydrogen-bond donors (Lipinski definition) is 1. The predicted octanol–water partition coefficient (Wildman–Crippen LogP) is 2.72. The maximum absolute atomic E-state index is 13.4. The lowest BCUT2D eigenvalue weighted by Crippen LogP contribution is -2.45. The van der Waals surface area contributed by atoms with E-state index in [1.807, 2.05) is 0 Å². The smallest absolute Gasteiger partial charge is 0.322 e. The number of fused-ring (bicyclic) bond motifs is 1. The van der Waals surface area contributed by atoms with E-state index in [1.165, 1.54) is 4.90 Å². The molecule has 4 amide bonds. The number of benzene rings is 1. The molecule has 11 heteroatoms. The van der Waals surface area contributed by atoms with E-state index in [1.54, 1.807) is 6.92 Å². The van der Waals surface area contributed by atoms with Gasteiger partial charge >= 0.3 is 6.03 Å². The van der Waals surface area contributed by atoms with E-state index >= 15 is 0 Å². The summed E-state index contributed by atoms with van der Waals surface area (Å²) >= 11 is 0. The number of urea groups is 1. The summed E-state index contributed by atoms with van der Waals surface area (Å²) < 4.78 is 45.1. The number of carbonyl (C=O) groups excluding carboxylic acids is 3. The van der Waals surface area contributed by atoms with Crippen molar-refractivity contribution >= 4 is 29.4 Å². The van der Waals surface area contributed by atoms with Crippen LogP contribution in [-0.2, 0) is 22.6 Å². The molecule has 0 spiro atoms. The van der Waals surface area contributed by atoms with Gasteiger partial charge in [0.25, 0.3) is 0 Å². The van der Waals surface area contributed by atoms with Crippen molar-refractivity contribution in [2.45, 2.75) is 38.8 Å². The van der Waals surface area contributed by atoms with E-state index in [-0.39, 0.29) is 43.4 Å². The predicted molar refractivity (Wildman–Crippen MR) is 92.3 cm³/mol. The second-order valence-corrected chi connectivity index (χ2v) is 6.90. The molecule has 1 fully saturated rings. The molecule has 2 aliphatic rings. The van der Waals surface area contributed by atoms with Crippen molar-refractivity contribution in [3.05, 3.63) is 40.8 Å². The Morgan fingerprint density at radius 2 is 1.79 bits per heavy atom. The fourth-order valence-corrected chi connectivity index (χ4v) is 3.44. The van der Waals surface area contributed by atoms with Gasteiger partial charge in [0.1, 0.15) is 0 Å². The number of imide groups is 1. The Morgan fingerprint density at radius 3 is 2.41 bits per heavy atom. The van der Waals surface area contributed by atoms with Crippen molar-refractivity contribution in [1.29, 1.82) is 0 Å². The minimum absolute atomic E-state index is 0.0175. The zero-order valence-electron chi connectivity index (χ0n) is 15.2. The summed E-state index contributed by atoms with van der Waals surface area (Å²) in [6.07, 6.45) is 0.418. The zero-order valence-corrected chi connectivity index (χ0v) is 15.2. The molecule has 2 aliphatic heterocycles. The third kappa shape index (κ3) is 3.22. The molecule has 3 heterocycles. The Bertz CT molecular complexity index is 999. The number of rotatable bonds is 2. The summed E-state index contributed by atoms with van der Waals surface area (Å²) in [5.74, 6) is -5.34. The molecule has 1 aromatic heterocycles. The van der Waals surface area contributed by atoms with E-state index in [4.69, 9.17) is 4.52 Å². The molecule has 1 aromatic carbocycles. The SMILES string of the molecule is CC1Cc2noc(N3C(=O)CCC3=O)c2CN1C(=O)Nc1cc(F)c(F)c(F)c1. The van der Waals surface area contributed by atoms with Crippen molar-refractivity contribution in [2.75, 3.05) is 10.2 Å². The molecule has 1 N–H and O–H groups in total. The van der Waals surface area contributed by atoms with Crippen LogP contribution in [0.1, 0.15) is 31.0 Å². The first-order valence-corrected chi connectivity index (χ1v) is 8.81. The molecule has 29 heavy (non-hydrogen) atoms. The minimum Gasteiger partial charge on any atom is -0.337 e. The number of anilines is 2. The van der Waals surface area contributed by atoms with Gasteiger partial charge in [-0.2, -0.15) is 0 Å². The fourth-order valence-electron chi connectivity index (χ4n) is 3.44. The highest BCUT2D eigenvalue weighted by Crippen LogP contribution is 2.34. The molecule has 1 saturated heterocycles. The lowest BCUT2D eigenvalue weighted by atomic mass is 10.0. The summed E-state index contributed by atoms with van der Waals surface area (Å²) in [4.78, 5) is 38.9. The Morgan fingerprint density at radius 1 is 1.17 bits per heavy atom. The molecular weight excluding hydrogens is 393 g/mol. The Hall–Kier alpha value is -3.37. The van der Waals surface area contributed by atoms with Crippen LogP contribution in [0.3, 0.4) is 0 Å². The lowest BCUT2D eigenvalue weighted by molar-refractivity contribution is -0.121. The normalized spacial score (nSPS) is 19.0. The summed E-state index contributed by atoms with van der Waals surface area (Å²) in [5.41, 5.74) is 0.682. The van der Waals surface area contributed by atoms with E-state index in [9.17, 15) is 27.6 Å². The van der Waals surface area contributed by atoms with Gasteiger partial charge in [-0.15, -0.1) is 0 Å². The standard InChI is InChI=1S/C18H15F3N4O4/c1-8-4-13-10(17(29-23-13)25-14(26)2-3-15(25)27)7-24(8)18(28)22-9-5-11(19)16(21)12(20)6-9/h5-6,8H,2-4,7H2,1H3,(H,22,28). The summed E-state index contributed by atoms with van der Waals surface area (Å²) in [6, 6.07) is 0.284. The average molecular weight is 408 g/mol. The molecule has 8 nitrogen and oxygen atoms in total. The molecule has 0 radical (unpaired) electrons. The third-order valence-corrected chi connectivity index (χ3v) is 4.95. The Labute approximate surface area is 162 Å². The number of carbonyl (C=O) groups is 3. The number of nitrogens with zero attached hydrogens (tertiary/aromatic N) is 3. The number of nitrogens with one attached hydrogen (secondary N) is 1. The second kappa shape index (κ2) is 6.90. The highest BCUT2D eigenvalue weighted by atomic mass is 19.2. The summed E-state index contributed by atoms with van der Waals surface area (Å²) in [6.45, 7) is 1.69. The molecular formula is C18H15F3N4O4. The number of hydrogen-bond acceptors (Lipinski definition) is 5. The van der Waals surface area contributed by atoms with Crippen LogP contribution in [0, 0.1) is 17.5 Å². The number of aromatic nitrogens is 1. The van der Waals surface area contributed by atoms with Gasteiger partial charge in [-0.25, -0.2) is 22.9 Å². The molecule has 0 saturated carbocycles. The van der Waals surface area contributed by atoms with Gasteiger partial charge in [0, 0.05) is 43.1 Å². The molecule has 152 valence electrons. The van der Waals surface area contributed by atoms with Crippen LogP contribution in [0.15, 0.2) is 16.7 Å². The van der Waals surface area contributed by atoms with Crippen LogP contribution in [0.4, 0.5) is 29.5 Å². The van der Waals surface area contributed by atoms with E-state index < -0.39 is 35.3 Å². The van der Waals surface area contributed by atoms with Crippen molar-refractivity contribution in [2.24, 2.45) is 0 Å². The van der Waals surface area contributed by atoms with E-state index in [0.29, 0.717) is 23.4 Å². The van der Waals surface area contributed by atoms with Crippen LogP contribution in [0.25, 0.3) is 0 Å². The first kappa shape index (κ1) is 19.0. The maximum atomic E-state index is 13.4. The van der Waals surface area contributed by atoms with Crippen molar-refractivity contribution in [3.8, 4) is 0 Å². The zero-order chi connectivity index (χ0) is 20.9. The van der Waals surface area contributed by atoms with Gasteiger partial charge in [-0.1, -0.05) is 5.16 Å². The second-order valence-electron chi connectivity index (χ2n) is 6.90. The number of amides is 4. The largest absolute Gasteiger partial charge is 0.337 e. The van der Waals surface area contributed by atoms with Crippen LogP contribution >= 0.6 is 0 Å². The van der Waals surface area contributed by atoms with Crippen LogP contribution in [0.5, 0.6) is 0 Å². The topological polar surface area (TPSA) is 95.8 Å². The lowest BCUT2D eigenvalue weighted by Gasteiger charge is -2.33. The molecule has 1 unspecified atom stereocenters. The van der Waals surface area contributed by atoms with Crippen LogP contribution in [-0.4, -0.2) is 33.9 Å². The summed E-state index contributed by atoms with van der Waals surface area (Å²) in [7, 11) is 0. The summed E-state index contributed by atoms with van der Waals surface area (Å²) in [5, 5.41) is 6.23. The first-order valence-electron chi connectivity index (χ1n) is 8.81. The fraction of sp³-hybridized carbons (Fsp3) is 0.333. The first-order chi connectivity index (χ1) is 13.8. The quantitative estimate of drug-likeness (QED) is 0.609. The van der Waals surface area contributed by atoms with Gasteiger partial charge in [0.15, 0.2) is 17.5 Å². The molecule has 4 rings (SSSR count). The van der Waals surface area contributed by atoms with Gasteiger partial charge in [-0.05, 0) is 6.92 Å². The highest BCUT2D eigenvalue weighted by Gasteiger charge is 2.39. The van der Waals surface area contributed by atoms with E-state index in [0.717, 1.165) is 4.90 Å². The molecule has 1 atom stereocenters. The Balaban J connectivity index is 1.58. The highest BCUT2D eigenvalue weighted by molar-refractivity contribution is 6.19. The van der Waals surface area contributed by atoms with Gasteiger partial charge in [-0.3, -0.25) is 9.59 Å². The maximum Gasteiger partial charge on any atom is 0.322 e. The van der Waals surface area contributed by atoms with Crippen molar-refractivity contribution < 1.29 is 32.1 Å². The molecule has 0 bridgehead atoms. The average Bonchev–Trinajstić information content (AvgIpc) is 3.20. The van der Waals surface area contributed by atoms with Gasteiger partial charge in [0.05, 0.1) is 17.8 Å². The molecule has 0 aliphatic carbocycles. The Kier molecular flexibility index (Phi) is 4.52. The minimum atomic E-state index is -1.63. The van der Waals surface area contributed by atoms with Gasteiger partial charge < -0.3 is 14.7 Å².